The zero-order chi connectivity index (χ0) is 18.1. The minimum absolute atomic E-state index is 0.0640. The van der Waals surface area contributed by atoms with Crippen molar-refractivity contribution in [3.05, 3.63) is 0 Å². The summed E-state index contributed by atoms with van der Waals surface area (Å²) in [5.41, 5.74) is 5.00. The van der Waals surface area contributed by atoms with Crippen LogP contribution in [0.15, 0.2) is 0 Å². The second-order valence-corrected chi connectivity index (χ2v) is 8.15. The molecule has 2 aliphatic rings. The highest BCUT2D eigenvalue weighted by Crippen LogP contribution is 2.43. The minimum atomic E-state index is -1.16. The average molecular weight is 340 g/mol. The number of hydrogen-bond donors (Lipinski definition) is 3. The van der Waals surface area contributed by atoms with Crippen molar-refractivity contribution in [1.29, 1.82) is 0 Å². The number of nitrogens with one attached hydrogen (secondary N) is 1. The Morgan fingerprint density at radius 3 is 2.62 bits per heavy atom. The summed E-state index contributed by atoms with van der Waals surface area (Å²) in [7, 11) is 0. The predicted octanol–water partition coefficient (Wildman–Crippen LogP) is 0.846. The van der Waals surface area contributed by atoms with Crippen LogP contribution in [0.2, 0.25) is 0 Å². The lowest BCUT2D eigenvalue weighted by molar-refractivity contribution is -0.155. The third-order valence-electron chi connectivity index (χ3n) is 5.18. The van der Waals surface area contributed by atoms with Crippen LogP contribution in [-0.4, -0.2) is 47.1 Å². The molecule has 0 aromatic carbocycles. The third kappa shape index (κ3) is 4.13. The number of rotatable bonds is 7. The summed E-state index contributed by atoms with van der Waals surface area (Å²) in [5.74, 6) is -1.23. The van der Waals surface area contributed by atoms with Crippen LogP contribution in [0, 0.1) is 11.3 Å². The van der Waals surface area contributed by atoms with Gasteiger partial charge in [-0.15, -0.1) is 0 Å². The van der Waals surface area contributed by atoms with E-state index in [1.54, 1.807) is 0 Å². The van der Waals surface area contributed by atoms with Crippen LogP contribution < -0.4 is 11.1 Å². The van der Waals surface area contributed by atoms with Crippen molar-refractivity contribution in [3.8, 4) is 0 Å². The average Bonchev–Trinajstić information content (AvgIpc) is 2.90. The first-order chi connectivity index (χ1) is 11.1. The Bertz CT molecular complexity index is 516. The molecule has 0 radical (unpaired) electrons. The second kappa shape index (κ2) is 6.80. The molecule has 0 saturated heterocycles. The van der Waals surface area contributed by atoms with Crippen molar-refractivity contribution in [3.63, 3.8) is 0 Å². The maximum atomic E-state index is 12.5. The Balaban J connectivity index is 1.91. The number of carboxylic acids is 1. The summed E-state index contributed by atoms with van der Waals surface area (Å²) in [4.78, 5) is 34.1. The molecule has 2 saturated carbocycles. The SMILES string of the molecule is CC(C)(C)C1CCCC1OC(=O)C1(N)CC1N[C@H](C=O)CC(=O)O. The Morgan fingerprint density at radius 1 is 1.42 bits per heavy atom. The Morgan fingerprint density at radius 2 is 2.08 bits per heavy atom. The summed E-state index contributed by atoms with van der Waals surface area (Å²) in [6.45, 7) is 6.43. The highest BCUT2D eigenvalue weighted by Gasteiger charge is 2.60. The van der Waals surface area contributed by atoms with Gasteiger partial charge in [0, 0.05) is 12.0 Å². The lowest BCUT2D eigenvalue weighted by Gasteiger charge is -2.32. The first-order valence-electron chi connectivity index (χ1n) is 8.51. The molecule has 136 valence electrons. The molecule has 5 atom stereocenters. The van der Waals surface area contributed by atoms with Crippen LogP contribution in [0.1, 0.15) is 52.9 Å². The van der Waals surface area contributed by atoms with Gasteiger partial charge < -0.3 is 25.7 Å². The van der Waals surface area contributed by atoms with Gasteiger partial charge >= 0.3 is 11.9 Å². The zero-order valence-corrected chi connectivity index (χ0v) is 14.6. The number of carbonyl (C=O) groups excluding carboxylic acids is 2. The maximum Gasteiger partial charge on any atom is 0.328 e. The molecule has 2 fully saturated rings. The molecular weight excluding hydrogens is 312 g/mol. The van der Waals surface area contributed by atoms with E-state index in [-0.39, 0.29) is 17.9 Å². The summed E-state index contributed by atoms with van der Waals surface area (Å²) >= 11 is 0. The van der Waals surface area contributed by atoms with E-state index in [2.05, 4.69) is 26.1 Å². The van der Waals surface area contributed by atoms with E-state index in [9.17, 15) is 14.4 Å². The predicted molar refractivity (Wildman–Crippen MR) is 87.2 cm³/mol. The topological polar surface area (TPSA) is 119 Å². The summed E-state index contributed by atoms with van der Waals surface area (Å²) in [5, 5.41) is 11.6. The van der Waals surface area contributed by atoms with Crippen LogP contribution in [-0.2, 0) is 19.1 Å². The first-order valence-corrected chi connectivity index (χ1v) is 8.51. The number of ether oxygens (including phenoxy) is 1. The van der Waals surface area contributed by atoms with Gasteiger partial charge in [-0.1, -0.05) is 20.8 Å². The van der Waals surface area contributed by atoms with Crippen molar-refractivity contribution < 1.29 is 24.2 Å². The van der Waals surface area contributed by atoms with Gasteiger partial charge in [0.1, 0.15) is 17.9 Å². The maximum absolute atomic E-state index is 12.5. The number of esters is 1. The third-order valence-corrected chi connectivity index (χ3v) is 5.18. The van der Waals surface area contributed by atoms with Gasteiger partial charge in [0.05, 0.1) is 12.5 Å². The lowest BCUT2D eigenvalue weighted by Crippen LogP contribution is -2.47. The number of aldehydes is 1. The van der Waals surface area contributed by atoms with Crippen molar-refractivity contribution in [2.24, 2.45) is 17.1 Å². The number of carbonyl (C=O) groups is 3. The fourth-order valence-electron chi connectivity index (χ4n) is 3.61. The van der Waals surface area contributed by atoms with Crippen molar-refractivity contribution in [2.45, 2.75) is 76.6 Å². The van der Waals surface area contributed by atoms with E-state index in [0.29, 0.717) is 18.6 Å². The van der Waals surface area contributed by atoms with Crippen LogP contribution >= 0.6 is 0 Å². The van der Waals surface area contributed by atoms with Crippen molar-refractivity contribution >= 4 is 18.2 Å². The first kappa shape index (κ1) is 18.9. The van der Waals surface area contributed by atoms with E-state index >= 15 is 0 Å². The summed E-state index contributed by atoms with van der Waals surface area (Å²) < 4.78 is 5.70. The van der Waals surface area contributed by atoms with Gasteiger partial charge in [-0.25, -0.2) is 4.79 Å². The van der Waals surface area contributed by atoms with Gasteiger partial charge in [0.25, 0.3) is 0 Å². The van der Waals surface area contributed by atoms with Gasteiger partial charge in [-0.2, -0.15) is 0 Å². The smallest absolute Gasteiger partial charge is 0.328 e. The standard InChI is InChI=1S/C17H28N2O5/c1-16(2,3)11-5-4-6-12(11)24-15(23)17(18)8-13(17)19-10(9-20)7-14(21)22/h9-13,19H,4-8,18H2,1-3H3,(H,21,22)/t10-,11?,12?,13?,17?/m0/s1. The molecule has 2 rings (SSSR count). The minimum Gasteiger partial charge on any atom is -0.481 e. The molecule has 0 amide bonds. The normalized spacial score (nSPS) is 33.8. The monoisotopic (exact) mass is 340 g/mol. The Hall–Kier alpha value is -1.47. The van der Waals surface area contributed by atoms with E-state index in [1.165, 1.54) is 0 Å². The molecule has 24 heavy (non-hydrogen) atoms. The Labute approximate surface area is 142 Å². The van der Waals surface area contributed by atoms with Crippen LogP contribution in [0.5, 0.6) is 0 Å². The molecule has 0 heterocycles. The molecule has 0 spiro atoms. The number of aliphatic carboxylic acids is 1. The number of carboxylic acid groups (broad SMARTS) is 1. The van der Waals surface area contributed by atoms with E-state index < -0.39 is 29.6 Å². The van der Waals surface area contributed by atoms with E-state index in [1.807, 2.05) is 0 Å². The highest BCUT2D eigenvalue weighted by atomic mass is 16.5. The van der Waals surface area contributed by atoms with Crippen LogP contribution in [0.4, 0.5) is 0 Å². The fraction of sp³-hybridized carbons (Fsp3) is 0.824. The molecule has 0 aromatic rings. The quantitative estimate of drug-likeness (QED) is 0.464. The van der Waals surface area contributed by atoms with Crippen molar-refractivity contribution in [2.75, 3.05) is 0 Å². The van der Waals surface area contributed by atoms with E-state index in [4.69, 9.17) is 15.6 Å². The van der Waals surface area contributed by atoms with Crippen molar-refractivity contribution in [1.82, 2.24) is 5.32 Å². The van der Waals surface area contributed by atoms with Crippen LogP contribution in [0.25, 0.3) is 0 Å². The molecule has 2 aliphatic carbocycles. The van der Waals surface area contributed by atoms with Gasteiger partial charge in [0.2, 0.25) is 0 Å². The lowest BCUT2D eigenvalue weighted by atomic mass is 9.78. The van der Waals surface area contributed by atoms with Crippen LogP contribution in [0.3, 0.4) is 0 Å². The molecule has 4 unspecified atom stereocenters. The van der Waals surface area contributed by atoms with Gasteiger partial charge in [-0.3, -0.25) is 4.79 Å². The number of hydrogen-bond acceptors (Lipinski definition) is 6. The molecule has 0 aliphatic heterocycles. The molecule has 0 aromatic heterocycles. The molecule has 7 heteroatoms. The Kier molecular flexibility index (Phi) is 5.34. The highest BCUT2D eigenvalue weighted by molar-refractivity contribution is 5.86. The molecular formula is C17H28N2O5. The van der Waals surface area contributed by atoms with Gasteiger partial charge in [0.15, 0.2) is 0 Å². The molecule has 7 nitrogen and oxygen atoms in total. The largest absolute Gasteiger partial charge is 0.481 e. The number of nitrogens with two attached hydrogens (primary N) is 1. The summed E-state index contributed by atoms with van der Waals surface area (Å²) in [6.07, 6.45) is 3.34. The second-order valence-electron chi connectivity index (χ2n) is 8.15. The summed E-state index contributed by atoms with van der Waals surface area (Å²) in [6, 6.07) is -1.27. The van der Waals surface area contributed by atoms with E-state index in [0.717, 1.165) is 19.3 Å². The zero-order valence-electron chi connectivity index (χ0n) is 14.6. The molecule has 4 N–H and O–H groups in total. The van der Waals surface area contributed by atoms with Gasteiger partial charge in [-0.05, 0) is 31.1 Å². The fourth-order valence-corrected chi connectivity index (χ4v) is 3.61. The molecule has 0 bridgehead atoms.